The predicted molar refractivity (Wildman–Crippen MR) is 109 cm³/mol. The highest BCUT2D eigenvalue weighted by atomic mass is 32.2. The molecule has 0 aliphatic carbocycles. The Labute approximate surface area is 182 Å². The number of hydrogen-bond acceptors (Lipinski definition) is 7. The second-order valence-corrected chi connectivity index (χ2v) is 8.81. The van der Waals surface area contributed by atoms with Gasteiger partial charge in [-0.05, 0) is 24.0 Å². The molecule has 6 atom stereocenters. The van der Waals surface area contributed by atoms with Crippen LogP contribution in [0.3, 0.4) is 0 Å². The van der Waals surface area contributed by atoms with Crippen molar-refractivity contribution in [2.75, 3.05) is 20.8 Å². The van der Waals surface area contributed by atoms with Gasteiger partial charge in [0.1, 0.15) is 29.8 Å². The van der Waals surface area contributed by atoms with Crippen LogP contribution >= 0.6 is 11.8 Å². The van der Waals surface area contributed by atoms with Gasteiger partial charge in [0.15, 0.2) is 11.3 Å². The monoisotopic (exact) mass is 466 g/mol. The number of halogens is 4. The summed E-state index contributed by atoms with van der Waals surface area (Å²) in [7, 11) is 3.43. The summed E-state index contributed by atoms with van der Waals surface area (Å²) >= 11 is 1.10. The average molecular weight is 466 g/mol. The van der Waals surface area contributed by atoms with E-state index in [4.69, 9.17) is 9.47 Å². The molecule has 0 amide bonds. The average Bonchev–Trinajstić information content (AvgIpc) is 3.15. The molecule has 1 saturated heterocycles. The van der Waals surface area contributed by atoms with Crippen molar-refractivity contribution in [3.63, 3.8) is 0 Å². The Morgan fingerprint density at radius 3 is 2.39 bits per heavy atom. The van der Waals surface area contributed by atoms with Gasteiger partial charge in [-0.25, -0.2) is 0 Å². The van der Waals surface area contributed by atoms with Crippen molar-refractivity contribution < 1.29 is 37.2 Å². The van der Waals surface area contributed by atoms with E-state index >= 15 is 0 Å². The second-order valence-electron chi connectivity index (χ2n) is 7.75. The van der Waals surface area contributed by atoms with Gasteiger partial charge >= 0.3 is 6.18 Å². The number of benzene rings is 1. The van der Waals surface area contributed by atoms with E-state index in [-0.39, 0.29) is 6.61 Å². The van der Waals surface area contributed by atoms with Crippen molar-refractivity contribution in [3.8, 4) is 0 Å². The van der Waals surface area contributed by atoms with E-state index in [2.05, 4.69) is 4.99 Å². The molecule has 6 nitrogen and oxygen atoms in total. The zero-order chi connectivity index (χ0) is 22.8. The maximum absolute atomic E-state index is 13.8. The van der Waals surface area contributed by atoms with Crippen LogP contribution in [-0.4, -0.2) is 83.1 Å². The van der Waals surface area contributed by atoms with Gasteiger partial charge in [0.25, 0.3) is 0 Å². The van der Waals surface area contributed by atoms with Crippen molar-refractivity contribution in [2.45, 2.75) is 61.5 Å². The molecule has 1 aromatic carbocycles. The van der Waals surface area contributed by atoms with Gasteiger partial charge in [-0.1, -0.05) is 36.0 Å². The number of aliphatic hydroxyl groups is 2. The number of rotatable bonds is 7. The Hall–Kier alpha value is -1.40. The van der Waals surface area contributed by atoms with Crippen molar-refractivity contribution in [2.24, 2.45) is 4.99 Å². The molecule has 0 unspecified atom stereocenters. The number of aliphatic imine (C=N–C) groups is 1. The Kier molecular flexibility index (Phi) is 7.85. The number of aryl methyl sites for hydroxylation is 1. The van der Waals surface area contributed by atoms with Crippen LogP contribution in [0, 0.1) is 0 Å². The molecule has 174 valence electrons. The van der Waals surface area contributed by atoms with E-state index in [1.165, 1.54) is 0 Å². The Bertz CT molecular complexity index is 763. The fourth-order valence-corrected chi connectivity index (χ4v) is 4.62. The predicted octanol–water partition coefficient (Wildman–Crippen LogP) is 2.52. The van der Waals surface area contributed by atoms with Crippen LogP contribution < -0.4 is 0 Å². The summed E-state index contributed by atoms with van der Waals surface area (Å²) in [4.78, 5) is 5.91. The fraction of sp³-hybridized carbons (Fsp3) is 0.650. The molecule has 1 aromatic rings. The first-order chi connectivity index (χ1) is 14.6. The Balaban J connectivity index is 1.70. The zero-order valence-electron chi connectivity index (χ0n) is 17.1. The SMILES string of the molecule is CN(C)C1=N[C@@H]2[C@@H](O)[C@H](O)[C@@H]([C@@H](OCc3ccc(CCCF)cc3)C(F)(F)F)O[C@@H]2S1. The van der Waals surface area contributed by atoms with Crippen molar-refractivity contribution in [3.05, 3.63) is 35.4 Å². The zero-order valence-corrected chi connectivity index (χ0v) is 17.9. The molecule has 11 heteroatoms. The molecule has 1 fully saturated rings. The van der Waals surface area contributed by atoms with Gasteiger partial charge in [0, 0.05) is 14.1 Å². The number of fused-ring (bicyclic) bond motifs is 1. The van der Waals surface area contributed by atoms with Gasteiger partial charge in [-0.15, -0.1) is 0 Å². The Morgan fingerprint density at radius 1 is 1.16 bits per heavy atom. The standard InChI is InChI=1S/C20H26F4N2O4S/c1-26(2)19-25-13-14(27)15(28)16(30-18(13)31-19)17(20(22,23)24)29-10-12-7-5-11(6-8-12)4-3-9-21/h5-8,13-18,27-28H,3-4,9-10H2,1-2H3/t13-,14-,15+,16+,17-,18-/m1/s1. The summed E-state index contributed by atoms with van der Waals surface area (Å²) in [6.07, 6.45) is -11.5. The first-order valence-corrected chi connectivity index (χ1v) is 10.7. The smallest absolute Gasteiger partial charge is 0.388 e. The van der Waals surface area contributed by atoms with Gasteiger partial charge in [0.2, 0.25) is 0 Å². The van der Waals surface area contributed by atoms with Crippen LogP contribution in [0.1, 0.15) is 17.5 Å². The topological polar surface area (TPSA) is 74.5 Å². The Morgan fingerprint density at radius 2 is 1.81 bits per heavy atom. The molecule has 0 spiro atoms. The van der Waals surface area contributed by atoms with Gasteiger partial charge in [0.05, 0.1) is 13.3 Å². The van der Waals surface area contributed by atoms with E-state index < -0.39 is 48.7 Å². The highest BCUT2D eigenvalue weighted by molar-refractivity contribution is 8.14. The van der Waals surface area contributed by atoms with Crippen LogP contribution in [-0.2, 0) is 22.5 Å². The highest BCUT2D eigenvalue weighted by Crippen LogP contribution is 2.41. The number of thioether (sulfide) groups is 1. The first-order valence-electron chi connectivity index (χ1n) is 9.87. The van der Waals surface area contributed by atoms with Crippen LogP contribution in [0.2, 0.25) is 0 Å². The summed E-state index contributed by atoms with van der Waals surface area (Å²) in [5, 5.41) is 21.3. The van der Waals surface area contributed by atoms with Crippen LogP contribution in [0.25, 0.3) is 0 Å². The lowest BCUT2D eigenvalue weighted by atomic mass is 9.94. The normalized spacial score (nSPS) is 29.4. The third kappa shape index (κ3) is 5.70. The van der Waals surface area contributed by atoms with Crippen molar-refractivity contribution >= 4 is 16.9 Å². The molecule has 2 heterocycles. The van der Waals surface area contributed by atoms with E-state index in [1.807, 2.05) is 0 Å². The highest BCUT2D eigenvalue weighted by Gasteiger charge is 2.57. The van der Waals surface area contributed by atoms with Crippen molar-refractivity contribution in [1.29, 1.82) is 0 Å². The lowest BCUT2D eigenvalue weighted by Gasteiger charge is -2.41. The number of ether oxygens (including phenoxy) is 2. The second kappa shape index (κ2) is 10.0. The van der Waals surface area contributed by atoms with Gasteiger partial charge in [-0.2, -0.15) is 13.2 Å². The van der Waals surface area contributed by atoms with Crippen LogP contribution in [0.4, 0.5) is 17.6 Å². The minimum atomic E-state index is -4.83. The lowest BCUT2D eigenvalue weighted by molar-refractivity contribution is -0.286. The fourth-order valence-electron chi connectivity index (χ4n) is 3.48. The lowest BCUT2D eigenvalue weighted by Crippen LogP contribution is -2.61. The molecular weight excluding hydrogens is 440 g/mol. The summed E-state index contributed by atoms with van der Waals surface area (Å²) in [6, 6.07) is 5.81. The third-order valence-electron chi connectivity index (χ3n) is 5.14. The molecule has 31 heavy (non-hydrogen) atoms. The van der Waals surface area contributed by atoms with Crippen LogP contribution in [0.15, 0.2) is 29.3 Å². The largest absolute Gasteiger partial charge is 0.417 e. The minimum absolute atomic E-state index is 0.364. The molecule has 0 aromatic heterocycles. The molecule has 2 aliphatic rings. The number of aliphatic hydroxyl groups excluding tert-OH is 2. The van der Waals surface area contributed by atoms with E-state index in [0.29, 0.717) is 23.6 Å². The summed E-state index contributed by atoms with van der Waals surface area (Å²) < 4.78 is 64.3. The molecular formula is C20H26F4N2O4S. The molecule has 0 saturated carbocycles. The van der Waals surface area contributed by atoms with Crippen LogP contribution in [0.5, 0.6) is 0 Å². The van der Waals surface area contributed by atoms with E-state index in [9.17, 15) is 27.8 Å². The molecule has 0 radical (unpaired) electrons. The minimum Gasteiger partial charge on any atom is -0.388 e. The molecule has 0 bridgehead atoms. The number of amidine groups is 1. The van der Waals surface area contributed by atoms with Crippen molar-refractivity contribution in [1.82, 2.24) is 4.90 Å². The summed E-state index contributed by atoms with van der Waals surface area (Å²) in [5.74, 6) is 0. The summed E-state index contributed by atoms with van der Waals surface area (Å²) in [5.41, 5.74) is 0.517. The molecule has 3 rings (SSSR count). The molecule has 2 N–H and O–H groups in total. The summed E-state index contributed by atoms with van der Waals surface area (Å²) in [6.45, 7) is -0.800. The maximum atomic E-state index is 13.8. The van der Waals surface area contributed by atoms with Gasteiger partial charge in [-0.3, -0.25) is 9.38 Å². The first kappa shape index (κ1) is 24.2. The van der Waals surface area contributed by atoms with Gasteiger partial charge < -0.3 is 24.6 Å². The number of alkyl halides is 4. The molecule has 2 aliphatic heterocycles. The van der Waals surface area contributed by atoms with E-state index in [0.717, 1.165) is 17.3 Å². The third-order valence-corrected chi connectivity index (χ3v) is 6.45. The number of nitrogens with zero attached hydrogens (tertiary/aromatic N) is 2. The number of hydrogen-bond donors (Lipinski definition) is 2. The van der Waals surface area contributed by atoms with E-state index in [1.54, 1.807) is 43.3 Å². The quantitative estimate of drug-likeness (QED) is 0.602. The maximum Gasteiger partial charge on any atom is 0.417 e.